The molecule has 0 aliphatic heterocycles. The summed E-state index contributed by atoms with van der Waals surface area (Å²) in [6.07, 6.45) is 2.70. The highest BCUT2D eigenvalue weighted by Gasteiger charge is 2.12. The van der Waals surface area contributed by atoms with Crippen molar-refractivity contribution in [3.05, 3.63) is 47.9 Å². The molecule has 0 saturated carbocycles. The summed E-state index contributed by atoms with van der Waals surface area (Å²) in [5.74, 6) is 0. The number of hydrogen-bond donors (Lipinski definition) is 0. The van der Waals surface area contributed by atoms with Crippen molar-refractivity contribution in [2.24, 2.45) is 0 Å². The van der Waals surface area contributed by atoms with E-state index in [-0.39, 0.29) is 5.38 Å². The number of pyridine rings is 1. The van der Waals surface area contributed by atoms with E-state index in [1.807, 2.05) is 44.3 Å². The lowest BCUT2D eigenvalue weighted by atomic mass is 10.2. The Hall–Kier alpha value is -1.94. The molecule has 0 bridgehead atoms. The molecular weight excluding hydrogens is 272 g/mol. The SMILES string of the molecule is CCC(Cl)c1cn(-c2cccc3ccc(C)nc23)nn1. The molecule has 20 heavy (non-hydrogen) atoms. The Morgan fingerprint density at radius 2 is 2.10 bits per heavy atom. The number of halogens is 1. The van der Waals surface area contributed by atoms with Gasteiger partial charge in [-0.15, -0.1) is 16.7 Å². The van der Waals surface area contributed by atoms with Gasteiger partial charge in [-0.1, -0.05) is 30.3 Å². The van der Waals surface area contributed by atoms with Gasteiger partial charge in [-0.3, -0.25) is 4.98 Å². The predicted octanol–water partition coefficient (Wildman–Crippen LogP) is 3.81. The van der Waals surface area contributed by atoms with Crippen molar-refractivity contribution in [3.63, 3.8) is 0 Å². The third-order valence-corrected chi connectivity index (χ3v) is 3.81. The molecule has 0 amide bonds. The largest absolute Gasteiger partial charge is 0.251 e. The van der Waals surface area contributed by atoms with E-state index in [2.05, 4.69) is 21.4 Å². The molecule has 0 aliphatic carbocycles. The number of rotatable bonds is 3. The van der Waals surface area contributed by atoms with Gasteiger partial charge in [0.25, 0.3) is 0 Å². The fourth-order valence-corrected chi connectivity index (χ4v) is 2.26. The molecule has 1 aromatic carbocycles. The van der Waals surface area contributed by atoms with Gasteiger partial charge in [0, 0.05) is 11.1 Å². The Morgan fingerprint density at radius 3 is 2.90 bits per heavy atom. The van der Waals surface area contributed by atoms with E-state index in [9.17, 15) is 0 Å². The summed E-state index contributed by atoms with van der Waals surface area (Å²) in [6, 6.07) is 10.1. The van der Waals surface area contributed by atoms with Crippen LogP contribution in [0.4, 0.5) is 0 Å². The average Bonchev–Trinajstić information content (AvgIpc) is 2.95. The zero-order valence-electron chi connectivity index (χ0n) is 11.4. The van der Waals surface area contributed by atoms with Crippen LogP contribution >= 0.6 is 11.6 Å². The molecular formula is C15H15ClN4. The van der Waals surface area contributed by atoms with Gasteiger partial charge in [-0.25, -0.2) is 4.68 Å². The lowest BCUT2D eigenvalue weighted by molar-refractivity contribution is 0.787. The molecule has 5 heteroatoms. The zero-order chi connectivity index (χ0) is 14.1. The average molecular weight is 287 g/mol. The van der Waals surface area contributed by atoms with Crippen molar-refractivity contribution < 1.29 is 0 Å². The van der Waals surface area contributed by atoms with Gasteiger partial charge >= 0.3 is 0 Å². The first-order valence-corrected chi connectivity index (χ1v) is 7.05. The standard InChI is InChI=1S/C15H15ClN4/c1-3-12(16)13-9-20(19-18-13)14-6-4-5-11-8-7-10(2)17-15(11)14/h4-9,12H,3H2,1-2H3. The Kier molecular flexibility index (Phi) is 3.40. The number of benzene rings is 1. The molecule has 0 aliphatic rings. The number of fused-ring (bicyclic) bond motifs is 1. The van der Waals surface area contributed by atoms with Crippen LogP contribution in [-0.4, -0.2) is 20.0 Å². The van der Waals surface area contributed by atoms with Crippen LogP contribution in [0.2, 0.25) is 0 Å². The van der Waals surface area contributed by atoms with Crippen LogP contribution in [0, 0.1) is 6.92 Å². The Balaban J connectivity index is 2.14. The monoisotopic (exact) mass is 286 g/mol. The minimum atomic E-state index is -0.103. The Labute approximate surface area is 122 Å². The van der Waals surface area contributed by atoms with Crippen LogP contribution in [0.5, 0.6) is 0 Å². The van der Waals surface area contributed by atoms with Gasteiger partial charge in [0.15, 0.2) is 0 Å². The summed E-state index contributed by atoms with van der Waals surface area (Å²) in [5, 5.41) is 9.31. The summed E-state index contributed by atoms with van der Waals surface area (Å²) >= 11 is 6.20. The quantitative estimate of drug-likeness (QED) is 0.688. The van der Waals surface area contributed by atoms with Crippen molar-refractivity contribution >= 4 is 22.5 Å². The van der Waals surface area contributed by atoms with Crippen LogP contribution in [0.3, 0.4) is 0 Å². The molecule has 2 heterocycles. The number of nitrogens with zero attached hydrogens (tertiary/aromatic N) is 4. The molecule has 0 fully saturated rings. The lowest BCUT2D eigenvalue weighted by Gasteiger charge is -2.05. The summed E-state index contributed by atoms with van der Waals surface area (Å²) in [4.78, 5) is 4.60. The Bertz CT molecular complexity index is 750. The third-order valence-electron chi connectivity index (χ3n) is 3.28. The lowest BCUT2D eigenvalue weighted by Crippen LogP contribution is -1.98. The van der Waals surface area contributed by atoms with E-state index < -0.39 is 0 Å². The highest BCUT2D eigenvalue weighted by Crippen LogP contribution is 2.24. The molecule has 0 radical (unpaired) electrons. The maximum absolute atomic E-state index is 6.20. The van der Waals surface area contributed by atoms with E-state index in [0.717, 1.165) is 34.4 Å². The molecule has 1 atom stereocenters. The molecule has 2 aromatic heterocycles. The molecule has 0 N–H and O–H groups in total. The maximum atomic E-state index is 6.20. The first-order chi connectivity index (χ1) is 9.69. The second-order valence-corrected chi connectivity index (χ2v) is 5.29. The van der Waals surface area contributed by atoms with E-state index in [4.69, 9.17) is 11.6 Å². The molecule has 1 unspecified atom stereocenters. The van der Waals surface area contributed by atoms with Gasteiger partial charge in [0.1, 0.15) is 5.69 Å². The van der Waals surface area contributed by atoms with Crippen molar-refractivity contribution in [2.45, 2.75) is 25.6 Å². The van der Waals surface area contributed by atoms with Gasteiger partial charge in [-0.05, 0) is 25.5 Å². The van der Waals surface area contributed by atoms with Crippen LogP contribution in [0.25, 0.3) is 16.6 Å². The van der Waals surface area contributed by atoms with Crippen molar-refractivity contribution in [3.8, 4) is 5.69 Å². The van der Waals surface area contributed by atoms with Crippen molar-refractivity contribution in [1.82, 2.24) is 20.0 Å². The number of aryl methyl sites for hydroxylation is 1. The molecule has 0 spiro atoms. The highest BCUT2D eigenvalue weighted by atomic mass is 35.5. The number of para-hydroxylation sites is 1. The second-order valence-electron chi connectivity index (χ2n) is 4.77. The maximum Gasteiger partial charge on any atom is 0.101 e. The summed E-state index contributed by atoms with van der Waals surface area (Å²) in [5.41, 5.74) is 3.62. The van der Waals surface area contributed by atoms with Gasteiger partial charge in [0.2, 0.25) is 0 Å². The van der Waals surface area contributed by atoms with Gasteiger partial charge < -0.3 is 0 Å². The number of aromatic nitrogens is 4. The van der Waals surface area contributed by atoms with Gasteiger partial charge in [-0.2, -0.15) is 0 Å². The van der Waals surface area contributed by atoms with Crippen LogP contribution in [0.1, 0.15) is 30.1 Å². The zero-order valence-corrected chi connectivity index (χ0v) is 12.2. The smallest absolute Gasteiger partial charge is 0.101 e. The van der Waals surface area contributed by atoms with E-state index in [1.54, 1.807) is 4.68 Å². The molecule has 0 saturated heterocycles. The topological polar surface area (TPSA) is 43.6 Å². The molecule has 3 rings (SSSR count). The van der Waals surface area contributed by atoms with Crippen LogP contribution in [0.15, 0.2) is 36.5 Å². The summed E-state index contributed by atoms with van der Waals surface area (Å²) in [6.45, 7) is 4.01. The van der Waals surface area contributed by atoms with Crippen LogP contribution < -0.4 is 0 Å². The summed E-state index contributed by atoms with van der Waals surface area (Å²) in [7, 11) is 0. The van der Waals surface area contributed by atoms with Crippen molar-refractivity contribution in [2.75, 3.05) is 0 Å². The molecule has 3 aromatic rings. The normalized spacial score (nSPS) is 12.8. The third kappa shape index (κ3) is 2.27. The van der Waals surface area contributed by atoms with Crippen LogP contribution in [-0.2, 0) is 0 Å². The first kappa shape index (κ1) is 13.1. The summed E-state index contributed by atoms with van der Waals surface area (Å²) < 4.78 is 1.75. The minimum absolute atomic E-state index is 0.103. The first-order valence-electron chi connectivity index (χ1n) is 6.62. The highest BCUT2D eigenvalue weighted by molar-refractivity contribution is 6.20. The van der Waals surface area contributed by atoms with E-state index >= 15 is 0 Å². The fraction of sp³-hybridized carbons (Fsp3) is 0.267. The molecule has 4 nitrogen and oxygen atoms in total. The second kappa shape index (κ2) is 5.21. The number of hydrogen-bond acceptors (Lipinski definition) is 3. The fourth-order valence-electron chi connectivity index (χ4n) is 2.16. The van der Waals surface area contributed by atoms with Gasteiger partial charge in [0.05, 0.1) is 22.8 Å². The van der Waals surface area contributed by atoms with Crippen molar-refractivity contribution in [1.29, 1.82) is 0 Å². The molecule has 102 valence electrons. The minimum Gasteiger partial charge on any atom is -0.251 e. The van der Waals surface area contributed by atoms with E-state index in [1.165, 1.54) is 0 Å². The Morgan fingerprint density at radius 1 is 1.25 bits per heavy atom. The van der Waals surface area contributed by atoms with E-state index in [0.29, 0.717) is 0 Å². The number of alkyl halides is 1. The predicted molar refractivity (Wildman–Crippen MR) is 80.3 cm³/mol.